The summed E-state index contributed by atoms with van der Waals surface area (Å²) < 4.78 is 0. The maximum absolute atomic E-state index is 2.57. The molecule has 0 amide bonds. The minimum absolute atomic E-state index is 0.560. The van der Waals surface area contributed by atoms with Crippen LogP contribution in [0.5, 0.6) is 0 Å². The van der Waals surface area contributed by atoms with Gasteiger partial charge in [0.25, 0.3) is 0 Å². The molecule has 3 rings (SSSR count). The molecule has 0 unspecified atom stereocenters. The maximum atomic E-state index is 2.57. The summed E-state index contributed by atoms with van der Waals surface area (Å²) in [4.78, 5) is 0. The summed E-state index contributed by atoms with van der Waals surface area (Å²) >= 11 is 0. The third kappa shape index (κ3) is 1.04. The maximum Gasteiger partial charge on any atom is -0.00544 e. The minimum atomic E-state index is 0.560. The first-order valence-electron chi connectivity index (χ1n) is 6.68. The van der Waals surface area contributed by atoms with Crippen molar-refractivity contribution in [2.45, 2.75) is 53.4 Å². The van der Waals surface area contributed by atoms with Crippen molar-refractivity contribution in [1.29, 1.82) is 0 Å². The molecule has 0 bridgehead atoms. The Labute approximate surface area is 94.1 Å². The zero-order chi connectivity index (χ0) is 10.8. The van der Waals surface area contributed by atoms with Gasteiger partial charge in [-0.15, -0.1) is 0 Å². The predicted molar refractivity (Wildman–Crippen MR) is 64.6 cm³/mol. The Morgan fingerprint density at radius 3 is 2.67 bits per heavy atom. The van der Waals surface area contributed by atoms with E-state index in [1.807, 2.05) is 5.57 Å². The van der Waals surface area contributed by atoms with Gasteiger partial charge in [-0.2, -0.15) is 0 Å². The molecule has 0 aromatic rings. The molecule has 2 saturated carbocycles. The van der Waals surface area contributed by atoms with Crippen LogP contribution >= 0.6 is 0 Å². The first-order valence-corrected chi connectivity index (χ1v) is 6.68. The number of allylic oxidation sites excluding steroid dienone is 2. The molecule has 0 heterocycles. The van der Waals surface area contributed by atoms with Crippen molar-refractivity contribution in [3.63, 3.8) is 0 Å². The van der Waals surface area contributed by atoms with Gasteiger partial charge < -0.3 is 0 Å². The lowest BCUT2D eigenvalue weighted by Crippen LogP contribution is -2.36. The van der Waals surface area contributed by atoms with E-state index >= 15 is 0 Å². The summed E-state index contributed by atoms with van der Waals surface area (Å²) in [5, 5.41) is 0. The minimum Gasteiger partial charge on any atom is -0.0847 e. The molecule has 84 valence electrons. The summed E-state index contributed by atoms with van der Waals surface area (Å²) in [6.45, 7) is 10.0. The highest BCUT2D eigenvalue weighted by molar-refractivity contribution is 5.31. The topological polar surface area (TPSA) is 0 Å². The lowest BCUT2D eigenvalue weighted by Gasteiger charge is -2.45. The summed E-state index contributed by atoms with van der Waals surface area (Å²) in [6, 6.07) is 0. The lowest BCUT2D eigenvalue weighted by molar-refractivity contribution is 0.147. The monoisotopic (exact) mass is 204 g/mol. The number of rotatable bonds is 0. The van der Waals surface area contributed by atoms with Gasteiger partial charge in [-0.3, -0.25) is 0 Å². The van der Waals surface area contributed by atoms with Gasteiger partial charge in [0.15, 0.2) is 0 Å². The van der Waals surface area contributed by atoms with E-state index < -0.39 is 0 Å². The van der Waals surface area contributed by atoms with E-state index in [0.717, 1.165) is 17.8 Å². The Morgan fingerprint density at radius 1 is 1.20 bits per heavy atom. The van der Waals surface area contributed by atoms with Crippen LogP contribution in [0.4, 0.5) is 0 Å². The van der Waals surface area contributed by atoms with E-state index in [0.29, 0.717) is 10.8 Å². The summed E-state index contributed by atoms with van der Waals surface area (Å²) in [7, 11) is 0. The van der Waals surface area contributed by atoms with Crippen LogP contribution in [0.25, 0.3) is 0 Å². The highest BCUT2D eigenvalue weighted by Crippen LogP contribution is 2.74. The number of fused-ring (bicyclic) bond motifs is 3. The van der Waals surface area contributed by atoms with Gasteiger partial charge >= 0.3 is 0 Å². The molecular formula is C15H24. The fourth-order valence-electron chi connectivity index (χ4n) is 5.01. The summed E-state index contributed by atoms with van der Waals surface area (Å²) in [5.74, 6) is 2.92. The Balaban J connectivity index is 2.03. The van der Waals surface area contributed by atoms with Gasteiger partial charge in [-0.1, -0.05) is 39.3 Å². The molecule has 0 aliphatic heterocycles. The van der Waals surface area contributed by atoms with Crippen molar-refractivity contribution >= 4 is 0 Å². The van der Waals surface area contributed by atoms with Crippen LogP contribution in [0.2, 0.25) is 0 Å². The van der Waals surface area contributed by atoms with E-state index in [-0.39, 0.29) is 0 Å². The molecule has 4 atom stereocenters. The highest BCUT2D eigenvalue weighted by atomic mass is 14.7. The second-order valence-electron chi connectivity index (χ2n) is 6.93. The predicted octanol–water partition coefficient (Wildman–Crippen LogP) is 4.42. The average molecular weight is 204 g/mol. The van der Waals surface area contributed by atoms with Crippen molar-refractivity contribution in [3.8, 4) is 0 Å². The fourth-order valence-corrected chi connectivity index (χ4v) is 5.01. The number of hydrogen-bond acceptors (Lipinski definition) is 0. The first-order chi connectivity index (χ1) is 6.99. The number of hydrogen-bond donors (Lipinski definition) is 0. The molecule has 0 aromatic heterocycles. The van der Waals surface area contributed by atoms with Gasteiger partial charge in [0.2, 0.25) is 0 Å². The molecule has 2 fully saturated rings. The molecule has 0 N–H and O–H groups in total. The van der Waals surface area contributed by atoms with Gasteiger partial charge in [0.1, 0.15) is 0 Å². The van der Waals surface area contributed by atoms with E-state index in [1.165, 1.54) is 25.7 Å². The molecule has 0 spiro atoms. The van der Waals surface area contributed by atoms with Crippen LogP contribution in [0.1, 0.15) is 53.4 Å². The lowest BCUT2D eigenvalue weighted by atomic mass is 9.60. The average Bonchev–Trinajstić information content (AvgIpc) is 2.73. The van der Waals surface area contributed by atoms with Crippen LogP contribution in [0.15, 0.2) is 11.6 Å². The first kappa shape index (κ1) is 9.93. The second-order valence-corrected chi connectivity index (χ2v) is 6.93. The van der Waals surface area contributed by atoms with Crippen molar-refractivity contribution in [2.75, 3.05) is 0 Å². The second kappa shape index (κ2) is 2.70. The molecular weight excluding hydrogens is 180 g/mol. The van der Waals surface area contributed by atoms with Gasteiger partial charge in [-0.05, 0) is 54.3 Å². The Hall–Kier alpha value is -0.260. The molecule has 0 aromatic carbocycles. The van der Waals surface area contributed by atoms with Gasteiger partial charge in [0, 0.05) is 0 Å². The smallest absolute Gasteiger partial charge is 0.00544 e. The summed E-state index contributed by atoms with van der Waals surface area (Å²) in [6.07, 6.45) is 8.19. The molecule has 0 radical (unpaired) electrons. The largest absolute Gasteiger partial charge is 0.0847 e. The molecule has 0 heteroatoms. The molecule has 0 saturated heterocycles. The van der Waals surface area contributed by atoms with Crippen molar-refractivity contribution in [1.82, 2.24) is 0 Å². The Bertz CT molecular complexity index is 323. The van der Waals surface area contributed by atoms with E-state index in [1.54, 1.807) is 0 Å². The van der Waals surface area contributed by atoms with E-state index in [2.05, 4.69) is 33.8 Å². The fraction of sp³-hybridized carbons (Fsp3) is 0.867. The summed E-state index contributed by atoms with van der Waals surface area (Å²) in [5.41, 5.74) is 3.01. The van der Waals surface area contributed by atoms with Crippen molar-refractivity contribution in [3.05, 3.63) is 11.6 Å². The zero-order valence-electron chi connectivity index (χ0n) is 10.6. The van der Waals surface area contributed by atoms with Crippen LogP contribution in [-0.4, -0.2) is 0 Å². The van der Waals surface area contributed by atoms with Crippen molar-refractivity contribution < 1.29 is 0 Å². The molecule has 3 aliphatic carbocycles. The quantitative estimate of drug-likeness (QED) is 0.513. The van der Waals surface area contributed by atoms with Crippen LogP contribution < -0.4 is 0 Å². The SMILES string of the molecule is C[C@H]1CCC=C2CC[C@H]3[C@H](C3(C)C)[C@@]21C. The van der Waals surface area contributed by atoms with E-state index in [9.17, 15) is 0 Å². The third-order valence-electron chi connectivity index (χ3n) is 6.13. The van der Waals surface area contributed by atoms with Crippen molar-refractivity contribution in [2.24, 2.45) is 28.6 Å². The standard InChI is InChI=1S/C15H24/c1-10-6-5-7-11-8-9-12-13(14(12,2)3)15(10,11)4/h7,10,12-13H,5-6,8-9H2,1-4H3/t10-,12-,13+,15+/m0/s1. The normalized spacial score (nSPS) is 51.5. The Kier molecular flexibility index (Phi) is 1.79. The Morgan fingerprint density at radius 2 is 1.93 bits per heavy atom. The van der Waals surface area contributed by atoms with Gasteiger partial charge in [0.05, 0.1) is 0 Å². The zero-order valence-corrected chi connectivity index (χ0v) is 10.6. The van der Waals surface area contributed by atoms with Crippen LogP contribution in [0, 0.1) is 28.6 Å². The highest BCUT2D eigenvalue weighted by Gasteiger charge is 2.68. The van der Waals surface area contributed by atoms with Gasteiger partial charge in [-0.25, -0.2) is 0 Å². The van der Waals surface area contributed by atoms with E-state index in [4.69, 9.17) is 0 Å². The molecule has 0 nitrogen and oxygen atoms in total. The molecule has 15 heavy (non-hydrogen) atoms. The third-order valence-corrected chi connectivity index (χ3v) is 6.13. The molecule has 3 aliphatic rings. The van der Waals surface area contributed by atoms with Crippen LogP contribution in [-0.2, 0) is 0 Å². The van der Waals surface area contributed by atoms with Crippen LogP contribution in [0.3, 0.4) is 0 Å².